The third-order valence-corrected chi connectivity index (χ3v) is 0.714. The van der Waals surface area contributed by atoms with Crippen molar-refractivity contribution in [3.63, 3.8) is 0 Å². The van der Waals surface area contributed by atoms with E-state index in [9.17, 15) is 17.2 Å². The van der Waals surface area contributed by atoms with Gasteiger partial charge in [0.05, 0.1) is 0 Å². The highest BCUT2D eigenvalue weighted by atomic mass is 32.2. The summed E-state index contributed by atoms with van der Waals surface area (Å²) in [6.07, 6.45) is -2.44. The van der Waals surface area contributed by atoms with Crippen LogP contribution in [0.2, 0.25) is 0 Å². The molecule has 6 heteroatoms. The smallest absolute Gasteiger partial charge is 0.282 e. The Hall–Kier alpha value is -0.490. The van der Waals surface area contributed by atoms with Gasteiger partial charge < -0.3 is 0 Å². The minimum absolute atomic E-state index is 0.535. The van der Waals surface area contributed by atoms with Gasteiger partial charge in [-0.3, -0.25) is 4.55 Å². The van der Waals surface area contributed by atoms with Crippen LogP contribution in [0.4, 0.5) is 8.78 Å². The first-order chi connectivity index (χ1) is 3.42. The second-order valence-corrected chi connectivity index (χ2v) is 2.19. The second kappa shape index (κ2) is 2.19. The van der Waals surface area contributed by atoms with Crippen LogP contribution in [0.3, 0.4) is 0 Å². The third-order valence-electron chi connectivity index (χ3n) is 0.238. The van der Waals surface area contributed by atoms with Crippen molar-refractivity contribution in [3.8, 4) is 0 Å². The number of hydrogen-bond donors (Lipinski definition) is 1. The number of rotatable bonds is 1. The van der Waals surface area contributed by atoms with Gasteiger partial charge in [-0.2, -0.15) is 17.2 Å². The van der Waals surface area contributed by atoms with Gasteiger partial charge in [-0.25, -0.2) is 0 Å². The van der Waals surface area contributed by atoms with Crippen LogP contribution in [0.5, 0.6) is 0 Å². The van der Waals surface area contributed by atoms with Gasteiger partial charge >= 0.3 is 0 Å². The summed E-state index contributed by atoms with van der Waals surface area (Å²) in [5, 5.41) is -0.535. The summed E-state index contributed by atoms with van der Waals surface area (Å²) in [5.74, 6) is 0. The SMILES string of the molecule is O=S(=O)(O)C=C(F)F. The molecule has 0 amide bonds. The molecule has 0 aliphatic heterocycles. The maximum atomic E-state index is 10.9. The van der Waals surface area contributed by atoms with Crippen LogP contribution in [0.1, 0.15) is 0 Å². The molecule has 0 saturated carbocycles. The van der Waals surface area contributed by atoms with E-state index in [-0.39, 0.29) is 0 Å². The molecule has 0 fully saturated rings. The van der Waals surface area contributed by atoms with E-state index in [1.165, 1.54) is 0 Å². The molecule has 0 aromatic rings. The molecular formula is C2H2F2O3S. The molecule has 48 valence electrons. The molecule has 0 bridgehead atoms. The van der Waals surface area contributed by atoms with Crippen LogP contribution in [0.15, 0.2) is 11.5 Å². The Bertz CT molecular complexity index is 187. The Morgan fingerprint density at radius 1 is 1.50 bits per heavy atom. The predicted molar refractivity (Wildman–Crippen MR) is 21.8 cm³/mol. The normalized spacial score (nSPS) is 10.9. The summed E-state index contributed by atoms with van der Waals surface area (Å²) < 4.78 is 48.2. The van der Waals surface area contributed by atoms with E-state index < -0.39 is 21.6 Å². The van der Waals surface area contributed by atoms with E-state index in [4.69, 9.17) is 4.55 Å². The second-order valence-electron chi connectivity index (χ2n) is 0.922. The molecule has 0 heterocycles. The molecule has 0 aliphatic rings. The van der Waals surface area contributed by atoms with Crippen molar-refractivity contribution in [3.05, 3.63) is 11.5 Å². The molecule has 0 spiro atoms. The fourth-order valence-electron chi connectivity index (χ4n) is 0.113. The van der Waals surface area contributed by atoms with Gasteiger partial charge in [0.15, 0.2) is 0 Å². The Morgan fingerprint density at radius 3 is 1.88 bits per heavy atom. The molecule has 0 aromatic carbocycles. The highest BCUT2D eigenvalue weighted by Gasteiger charge is 2.00. The molecule has 0 atom stereocenters. The summed E-state index contributed by atoms with van der Waals surface area (Å²) >= 11 is 0. The Morgan fingerprint density at radius 2 is 1.88 bits per heavy atom. The Balaban J connectivity index is 4.36. The number of hydrogen-bond acceptors (Lipinski definition) is 2. The zero-order chi connectivity index (χ0) is 6.78. The van der Waals surface area contributed by atoms with Gasteiger partial charge in [-0.15, -0.1) is 0 Å². The molecular weight excluding hydrogens is 142 g/mol. The van der Waals surface area contributed by atoms with Gasteiger partial charge in [0.1, 0.15) is 5.41 Å². The van der Waals surface area contributed by atoms with Gasteiger partial charge in [-0.05, 0) is 0 Å². The highest BCUT2D eigenvalue weighted by molar-refractivity contribution is 7.88. The largest absolute Gasteiger partial charge is 0.292 e. The summed E-state index contributed by atoms with van der Waals surface area (Å²) in [7, 11) is -4.64. The van der Waals surface area contributed by atoms with Gasteiger partial charge in [0, 0.05) is 0 Å². The Kier molecular flexibility index (Phi) is 2.05. The fraction of sp³-hybridized carbons (Fsp3) is 0. The van der Waals surface area contributed by atoms with Crippen molar-refractivity contribution in [1.82, 2.24) is 0 Å². The first kappa shape index (κ1) is 7.51. The van der Waals surface area contributed by atoms with E-state index >= 15 is 0 Å². The van der Waals surface area contributed by atoms with Crippen LogP contribution in [-0.2, 0) is 10.1 Å². The van der Waals surface area contributed by atoms with Crippen molar-refractivity contribution >= 4 is 10.1 Å². The van der Waals surface area contributed by atoms with E-state index in [1.807, 2.05) is 0 Å². The zero-order valence-electron chi connectivity index (χ0n) is 3.51. The first-order valence-corrected chi connectivity index (χ1v) is 2.92. The maximum absolute atomic E-state index is 10.9. The molecule has 0 aliphatic carbocycles. The lowest BCUT2D eigenvalue weighted by Gasteiger charge is -1.78. The van der Waals surface area contributed by atoms with Crippen LogP contribution >= 0.6 is 0 Å². The topological polar surface area (TPSA) is 54.4 Å². The van der Waals surface area contributed by atoms with Gasteiger partial charge in [-0.1, -0.05) is 0 Å². The molecule has 0 unspecified atom stereocenters. The Labute approximate surface area is 44.4 Å². The van der Waals surface area contributed by atoms with Crippen LogP contribution < -0.4 is 0 Å². The van der Waals surface area contributed by atoms with Crippen LogP contribution in [0.25, 0.3) is 0 Å². The summed E-state index contributed by atoms with van der Waals surface area (Å²) in [5.41, 5.74) is 0. The molecule has 0 saturated heterocycles. The standard InChI is InChI=1S/C2H2F2O3S/c3-2(4)1-8(5,6)7/h1H,(H,5,6,7). The first-order valence-electron chi connectivity index (χ1n) is 1.42. The van der Waals surface area contributed by atoms with E-state index in [0.717, 1.165) is 0 Å². The summed E-state index contributed by atoms with van der Waals surface area (Å²) in [6, 6.07) is 0. The van der Waals surface area contributed by atoms with Crippen molar-refractivity contribution in [2.24, 2.45) is 0 Å². The quantitative estimate of drug-likeness (QED) is 0.548. The average molecular weight is 144 g/mol. The average Bonchev–Trinajstić information content (AvgIpc) is 1.21. The molecule has 1 N–H and O–H groups in total. The van der Waals surface area contributed by atoms with Crippen molar-refractivity contribution in [2.75, 3.05) is 0 Å². The lowest BCUT2D eigenvalue weighted by atomic mass is 11.1. The highest BCUT2D eigenvalue weighted by Crippen LogP contribution is 1.98. The van der Waals surface area contributed by atoms with Gasteiger partial charge in [0.2, 0.25) is 0 Å². The summed E-state index contributed by atoms with van der Waals surface area (Å²) in [4.78, 5) is 0. The van der Waals surface area contributed by atoms with Gasteiger partial charge in [0.25, 0.3) is 16.2 Å². The zero-order valence-corrected chi connectivity index (χ0v) is 4.32. The molecule has 0 radical (unpaired) electrons. The maximum Gasteiger partial charge on any atom is 0.292 e. The predicted octanol–water partition coefficient (Wildman–Crippen LogP) is 0.612. The molecule has 8 heavy (non-hydrogen) atoms. The van der Waals surface area contributed by atoms with E-state index in [2.05, 4.69) is 0 Å². The van der Waals surface area contributed by atoms with Crippen molar-refractivity contribution in [2.45, 2.75) is 0 Å². The minimum atomic E-state index is -4.64. The minimum Gasteiger partial charge on any atom is -0.282 e. The van der Waals surface area contributed by atoms with Crippen molar-refractivity contribution < 1.29 is 21.8 Å². The lowest BCUT2D eigenvalue weighted by molar-refractivity contribution is 0.419. The lowest BCUT2D eigenvalue weighted by Crippen LogP contribution is -1.89. The number of halogens is 2. The van der Waals surface area contributed by atoms with Crippen LogP contribution in [-0.4, -0.2) is 13.0 Å². The molecule has 3 nitrogen and oxygen atoms in total. The van der Waals surface area contributed by atoms with Crippen LogP contribution in [0, 0.1) is 0 Å². The fourth-order valence-corrected chi connectivity index (χ4v) is 0.338. The third kappa shape index (κ3) is 5.51. The molecule has 0 aromatic heterocycles. The van der Waals surface area contributed by atoms with Crippen molar-refractivity contribution in [1.29, 1.82) is 0 Å². The van der Waals surface area contributed by atoms with E-state index in [0.29, 0.717) is 0 Å². The van der Waals surface area contributed by atoms with E-state index in [1.54, 1.807) is 0 Å². The monoisotopic (exact) mass is 144 g/mol. The molecule has 0 rings (SSSR count). The summed E-state index contributed by atoms with van der Waals surface area (Å²) in [6.45, 7) is 0.